The van der Waals surface area contributed by atoms with Crippen LogP contribution < -0.4 is 10.5 Å². The SMILES string of the molecule is CN(C)CCNS(=O)(=O)c1cc(Br)cc(CN)c1F. The number of nitrogens with zero attached hydrogens (tertiary/aromatic N) is 1. The number of halogens is 2. The molecule has 0 aliphatic heterocycles. The van der Waals surface area contributed by atoms with E-state index in [9.17, 15) is 12.8 Å². The minimum Gasteiger partial charge on any atom is -0.326 e. The number of nitrogens with two attached hydrogens (primary N) is 1. The summed E-state index contributed by atoms with van der Waals surface area (Å²) in [5, 5.41) is 0. The molecule has 3 N–H and O–H groups in total. The molecule has 5 nitrogen and oxygen atoms in total. The van der Waals surface area contributed by atoms with Crippen LogP contribution in [0.15, 0.2) is 21.5 Å². The number of hydrogen-bond donors (Lipinski definition) is 2. The first kappa shape index (κ1) is 16.5. The van der Waals surface area contributed by atoms with Crippen LogP contribution in [-0.4, -0.2) is 40.5 Å². The highest BCUT2D eigenvalue weighted by Gasteiger charge is 2.21. The summed E-state index contributed by atoms with van der Waals surface area (Å²) in [4.78, 5) is 1.44. The van der Waals surface area contributed by atoms with Gasteiger partial charge in [-0.25, -0.2) is 17.5 Å². The molecule has 0 aromatic heterocycles. The number of rotatable bonds is 6. The highest BCUT2D eigenvalue weighted by molar-refractivity contribution is 9.10. The zero-order chi connectivity index (χ0) is 14.6. The molecule has 8 heteroatoms. The van der Waals surface area contributed by atoms with Gasteiger partial charge in [-0.15, -0.1) is 0 Å². The number of sulfonamides is 1. The van der Waals surface area contributed by atoms with Crippen LogP contribution in [0, 0.1) is 5.82 Å². The maximum atomic E-state index is 14.0. The zero-order valence-electron chi connectivity index (χ0n) is 10.8. The third-order valence-corrected chi connectivity index (χ3v) is 4.36. The van der Waals surface area contributed by atoms with Crippen molar-refractivity contribution in [1.29, 1.82) is 0 Å². The van der Waals surface area contributed by atoms with Gasteiger partial charge in [0.25, 0.3) is 0 Å². The van der Waals surface area contributed by atoms with Gasteiger partial charge in [0, 0.05) is 29.7 Å². The fourth-order valence-corrected chi connectivity index (χ4v) is 3.27. The number of benzene rings is 1. The molecule has 19 heavy (non-hydrogen) atoms. The summed E-state index contributed by atoms with van der Waals surface area (Å²) < 4.78 is 40.9. The van der Waals surface area contributed by atoms with E-state index in [1.54, 1.807) is 0 Å². The van der Waals surface area contributed by atoms with Crippen LogP contribution in [0.1, 0.15) is 5.56 Å². The Morgan fingerprint density at radius 3 is 2.58 bits per heavy atom. The average Bonchev–Trinajstić information content (AvgIpc) is 2.30. The van der Waals surface area contributed by atoms with E-state index in [1.165, 1.54) is 12.1 Å². The molecule has 0 aliphatic rings. The van der Waals surface area contributed by atoms with Crippen LogP contribution in [0.4, 0.5) is 4.39 Å². The van der Waals surface area contributed by atoms with E-state index >= 15 is 0 Å². The second-order valence-electron chi connectivity index (χ2n) is 4.28. The van der Waals surface area contributed by atoms with Gasteiger partial charge in [-0.05, 0) is 26.2 Å². The Morgan fingerprint density at radius 2 is 2.05 bits per heavy atom. The van der Waals surface area contributed by atoms with Gasteiger partial charge in [-0.1, -0.05) is 15.9 Å². The van der Waals surface area contributed by atoms with Gasteiger partial charge >= 0.3 is 0 Å². The number of likely N-dealkylation sites (N-methyl/N-ethyl adjacent to an activating group) is 1. The van der Waals surface area contributed by atoms with Crippen LogP contribution in [-0.2, 0) is 16.6 Å². The van der Waals surface area contributed by atoms with E-state index in [-0.39, 0.29) is 23.5 Å². The highest BCUT2D eigenvalue weighted by atomic mass is 79.9. The first-order chi connectivity index (χ1) is 8.77. The van der Waals surface area contributed by atoms with Crippen molar-refractivity contribution in [1.82, 2.24) is 9.62 Å². The van der Waals surface area contributed by atoms with Crippen molar-refractivity contribution in [2.75, 3.05) is 27.2 Å². The Kier molecular flexibility index (Phi) is 5.87. The minimum absolute atomic E-state index is 0.0640. The van der Waals surface area contributed by atoms with Crippen molar-refractivity contribution in [3.8, 4) is 0 Å². The average molecular weight is 354 g/mol. The van der Waals surface area contributed by atoms with Crippen LogP contribution in [0.3, 0.4) is 0 Å². The molecule has 0 saturated carbocycles. The molecular formula is C11H17BrFN3O2S. The normalized spacial score (nSPS) is 12.1. The van der Waals surface area contributed by atoms with Crippen molar-refractivity contribution in [2.45, 2.75) is 11.4 Å². The molecule has 1 aromatic carbocycles. The van der Waals surface area contributed by atoms with Crippen molar-refractivity contribution >= 4 is 26.0 Å². The standard InChI is InChI=1S/C11H17BrFN3O2S/c1-16(2)4-3-15-19(17,18)10-6-9(12)5-8(7-14)11(10)13/h5-6,15H,3-4,7,14H2,1-2H3. The Bertz CT molecular complexity index is 549. The molecule has 0 spiro atoms. The lowest BCUT2D eigenvalue weighted by Gasteiger charge is -2.13. The Hall–Kier alpha value is -0.540. The van der Waals surface area contributed by atoms with Crippen molar-refractivity contribution in [2.24, 2.45) is 5.73 Å². The van der Waals surface area contributed by atoms with E-state index in [0.717, 1.165) is 0 Å². The first-order valence-corrected chi connectivity index (χ1v) is 7.88. The molecule has 108 valence electrons. The second kappa shape index (κ2) is 6.76. The number of nitrogens with one attached hydrogen (secondary N) is 1. The van der Waals surface area contributed by atoms with Gasteiger partial charge in [0.15, 0.2) is 0 Å². The van der Waals surface area contributed by atoms with Crippen molar-refractivity contribution < 1.29 is 12.8 Å². The van der Waals surface area contributed by atoms with Crippen molar-refractivity contribution in [3.05, 3.63) is 28.0 Å². The summed E-state index contributed by atoms with van der Waals surface area (Å²) in [6, 6.07) is 2.70. The van der Waals surface area contributed by atoms with Gasteiger partial charge < -0.3 is 10.6 Å². The molecule has 1 aromatic rings. The molecule has 1 rings (SSSR count). The summed E-state index contributed by atoms with van der Waals surface area (Å²) in [5.41, 5.74) is 5.54. The molecule has 0 radical (unpaired) electrons. The Morgan fingerprint density at radius 1 is 1.42 bits per heavy atom. The van der Waals surface area contributed by atoms with Gasteiger partial charge in [0.1, 0.15) is 10.7 Å². The lowest BCUT2D eigenvalue weighted by molar-refractivity contribution is 0.412. The van der Waals surface area contributed by atoms with Gasteiger partial charge in [0.2, 0.25) is 10.0 Å². The van der Waals surface area contributed by atoms with Gasteiger partial charge in [-0.2, -0.15) is 0 Å². The fourth-order valence-electron chi connectivity index (χ4n) is 1.44. The fraction of sp³-hybridized carbons (Fsp3) is 0.455. The molecule has 0 unspecified atom stereocenters. The highest BCUT2D eigenvalue weighted by Crippen LogP contribution is 2.23. The summed E-state index contributed by atoms with van der Waals surface area (Å²) in [6.07, 6.45) is 0. The molecule has 0 atom stereocenters. The van der Waals surface area contributed by atoms with Crippen LogP contribution in [0.5, 0.6) is 0 Å². The Balaban J connectivity index is 3.04. The van der Waals surface area contributed by atoms with E-state index in [0.29, 0.717) is 11.0 Å². The summed E-state index contributed by atoms with van der Waals surface area (Å²) >= 11 is 3.15. The van der Waals surface area contributed by atoms with E-state index in [2.05, 4.69) is 20.7 Å². The lowest BCUT2D eigenvalue weighted by atomic mass is 10.2. The molecule has 0 saturated heterocycles. The second-order valence-corrected chi connectivity index (χ2v) is 6.93. The van der Waals surface area contributed by atoms with E-state index < -0.39 is 15.8 Å². The first-order valence-electron chi connectivity index (χ1n) is 5.60. The minimum atomic E-state index is -3.88. The quantitative estimate of drug-likeness (QED) is 0.796. The monoisotopic (exact) mass is 353 g/mol. The van der Waals surface area contributed by atoms with Crippen LogP contribution in [0.2, 0.25) is 0 Å². The number of hydrogen-bond acceptors (Lipinski definition) is 4. The third-order valence-electron chi connectivity index (χ3n) is 2.44. The maximum absolute atomic E-state index is 14.0. The summed E-state index contributed by atoms with van der Waals surface area (Å²) in [6.45, 7) is 0.670. The summed E-state index contributed by atoms with van der Waals surface area (Å²) in [5.74, 6) is -0.803. The predicted molar refractivity (Wildman–Crippen MR) is 75.7 cm³/mol. The van der Waals surface area contributed by atoms with Gasteiger partial charge in [-0.3, -0.25) is 0 Å². The smallest absolute Gasteiger partial charge is 0.243 e. The Labute approximate surface area is 121 Å². The van der Waals surface area contributed by atoms with E-state index in [1.807, 2.05) is 19.0 Å². The topological polar surface area (TPSA) is 75.4 Å². The van der Waals surface area contributed by atoms with Crippen molar-refractivity contribution in [3.63, 3.8) is 0 Å². The summed E-state index contributed by atoms with van der Waals surface area (Å²) in [7, 11) is -0.239. The third kappa shape index (κ3) is 4.50. The largest absolute Gasteiger partial charge is 0.326 e. The molecule has 0 aliphatic carbocycles. The molecular weight excluding hydrogens is 337 g/mol. The van der Waals surface area contributed by atoms with E-state index in [4.69, 9.17) is 5.73 Å². The molecule has 0 amide bonds. The molecule has 0 heterocycles. The molecule has 0 fully saturated rings. The maximum Gasteiger partial charge on any atom is 0.243 e. The zero-order valence-corrected chi connectivity index (χ0v) is 13.2. The molecule has 0 bridgehead atoms. The van der Waals surface area contributed by atoms with Gasteiger partial charge in [0.05, 0.1) is 0 Å². The predicted octanol–water partition coefficient (Wildman–Crippen LogP) is 0.887. The lowest BCUT2D eigenvalue weighted by Crippen LogP contribution is -2.32. The van der Waals surface area contributed by atoms with Crippen LogP contribution in [0.25, 0.3) is 0 Å². The van der Waals surface area contributed by atoms with Crippen LogP contribution >= 0.6 is 15.9 Å².